The number of carbonyl (C=O) groups is 1. The molecule has 0 saturated carbocycles. The maximum Gasteiger partial charge on any atom is 0.153 e. The first-order valence-corrected chi connectivity index (χ1v) is 5.54. The van der Waals surface area contributed by atoms with Gasteiger partial charge in [0.25, 0.3) is 0 Å². The standard InChI is InChI=1S/C14H11N3O2/c15-5-10-3-11(7-17-6-10)9-19-14-4-13(16)2-1-12(14)8-18/h1-4,6-8H,9,16H2. The summed E-state index contributed by atoms with van der Waals surface area (Å²) in [4.78, 5) is 14.8. The second-order valence-electron chi connectivity index (χ2n) is 3.90. The van der Waals surface area contributed by atoms with Crippen LogP contribution in [0.15, 0.2) is 36.7 Å². The Balaban J connectivity index is 2.16. The van der Waals surface area contributed by atoms with Crippen LogP contribution in [0.4, 0.5) is 5.69 Å². The molecular weight excluding hydrogens is 242 g/mol. The largest absolute Gasteiger partial charge is 0.488 e. The van der Waals surface area contributed by atoms with Gasteiger partial charge in [-0.2, -0.15) is 5.26 Å². The number of carbonyl (C=O) groups excluding carboxylic acids is 1. The number of anilines is 1. The number of hydrogen-bond acceptors (Lipinski definition) is 5. The molecule has 0 spiro atoms. The van der Waals surface area contributed by atoms with Crippen molar-refractivity contribution in [3.05, 3.63) is 53.3 Å². The topological polar surface area (TPSA) is 89.0 Å². The van der Waals surface area contributed by atoms with Crippen molar-refractivity contribution in [3.63, 3.8) is 0 Å². The van der Waals surface area contributed by atoms with Gasteiger partial charge in [0.2, 0.25) is 0 Å². The first-order chi connectivity index (χ1) is 9.22. The third kappa shape index (κ3) is 3.07. The third-order valence-corrected chi connectivity index (χ3v) is 2.48. The maximum absolute atomic E-state index is 10.9. The summed E-state index contributed by atoms with van der Waals surface area (Å²) in [6.45, 7) is 0.215. The van der Waals surface area contributed by atoms with Crippen LogP contribution in [0, 0.1) is 11.3 Å². The number of aldehydes is 1. The van der Waals surface area contributed by atoms with Crippen LogP contribution in [-0.2, 0) is 6.61 Å². The summed E-state index contributed by atoms with van der Waals surface area (Å²) in [7, 11) is 0. The van der Waals surface area contributed by atoms with Gasteiger partial charge in [-0.1, -0.05) is 0 Å². The minimum absolute atomic E-state index is 0.215. The van der Waals surface area contributed by atoms with Crippen LogP contribution in [0.1, 0.15) is 21.5 Å². The van der Waals surface area contributed by atoms with E-state index in [1.54, 1.807) is 30.5 Å². The Labute approximate surface area is 110 Å². The van der Waals surface area contributed by atoms with Gasteiger partial charge in [-0.15, -0.1) is 0 Å². The molecule has 2 aromatic rings. The number of nitrogen functional groups attached to an aromatic ring is 1. The molecule has 0 aliphatic heterocycles. The lowest BCUT2D eigenvalue weighted by atomic mass is 10.2. The summed E-state index contributed by atoms with van der Waals surface area (Å²) in [6.07, 6.45) is 3.79. The Morgan fingerprint density at radius 2 is 2.21 bits per heavy atom. The molecule has 94 valence electrons. The predicted molar refractivity (Wildman–Crippen MR) is 69.5 cm³/mol. The molecule has 5 heteroatoms. The van der Waals surface area contributed by atoms with Crippen molar-refractivity contribution in [2.75, 3.05) is 5.73 Å². The molecule has 0 bridgehead atoms. The molecule has 0 amide bonds. The fraction of sp³-hybridized carbons (Fsp3) is 0.0714. The molecule has 0 aliphatic rings. The molecule has 0 radical (unpaired) electrons. The third-order valence-electron chi connectivity index (χ3n) is 2.48. The lowest BCUT2D eigenvalue weighted by Crippen LogP contribution is -2.00. The Bertz CT molecular complexity index is 647. The zero-order chi connectivity index (χ0) is 13.7. The van der Waals surface area contributed by atoms with Gasteiger partial charge in [0.1, 0.15) is 18.4 Å². The summed E-state index contributed by atoms with van der Waals surface area (Å²) in [5, 5.41) is 8.77. The van der Waals surface area contributed by atoms with Crippen molar-refractivity contribution in [2.45, 2.75) is 6.61 Å². The molecule has 0 fully saturated rings. The average Bonchev–Trinajstić information content (AvgIpc) is 2.45. The quantitative estimate of drug-likeness (QED) is 0.664. The number of ether oxygens (including phenoxy) is 1. The molecule has 0 atom stereocenters. The average molecular weight is 253 g/mol. The predicted octanol–water partition coefficient (Wildman–Crippen LogP) is 1.93. The van der Waals surface area contributed by atoms with E-state index in [2.05, 4.69) is 4.98 Å². The van der Waals surface area contributed by atoms with Gasteiger partial charge in [0.15, 0.2) is 6.29 Å². The molecule has 1 heterocycles. The Morgan fingerprint density at radius 1 is 1.37 bits per heavy atom. The summed E-state index contributed by atoms with van der Waals surface area (Å²) in [5.41, 5.74) is 7.80. The van der Waals surface area contributed by atoms with Crippen LogP contribution in [0.5, 0.6) is 5.75 Å². The van der Waals surface area contributed by atoms with Crippen LogP contribution in [-0.4, -0.2) is 11.3 Å². The van der Waals surface area contributed by atoms with Gasteiger partial charge >= 0.3 is 0 Å². The minimum atomic E-state index is 0.215. The van der Waals surface area contributed by atoms with Gasteiger partial charge in [0, 0.05) is 29.7 Å². The summed E-state index contributed by atoms with van der Waals surface area (Å²) < 4.78 is 5.53. The van der Waals surface area contributed by atoms with Crippen molar-refractivity contribution < 1.29 is 9.53 Å². The first-order valence-electron chi connectivity index (χ1n) is 5.54. The Morgan fingerprint density at radius 3 is 2.95 bits per heavy atom. The molecular formula is C14H11N3O2. The first kappa shape index (κ1) is 12.6. The van der Waals surface area contributed by atoms with Gasteiger partial charge in [-0.05, 0) is 18.2 Å². The Hall–Kier alpha value is -2.87. The molecule has 0 aliphatic carbocycles. The van der Waals surface area contributed by atoms with Crippen molar-refractivity contribution in [2.24, 2.45) is 0 Å². The van der Waals surface area contributed by atoms with Gasteiger partial charge < -0.3 is 10.5 Å². The second-order valence-corrected chi connectivity index (χ2v) is 3.90. The van der Waals surface area contributed by atoms with Crippen LogP contribution in [0.25, 0.3) is 0 Å². The summed E-state index contributed by atoms with van der Waals surface area (Å²) in [5.74, 6) is 0.414. The number of nitriles is 1. The van der Waals surface area contributed by atoms with E-state index in [4.69, 9.17) is 15.7 Å². The highest BCUT2D eigenvalue weighted by molar-refractivity contribution is 5.80. The molecule has 1 aromatic carbocycles. The highest BCUT2D eigenvalue weighted by Gasteiger charge is 2.04. The fourth-order valence-corrected chi connectivity index (χ4v) is 1.56. The smallest absolute Gasteiger partial charge is 0.153 e. The van der Waals surface area contributed by atoms with E-state index < -0.39 is 0 Å². The van der Waals surface area contributed by atoms with Gasteiger partial charge in [-0.25, -0.2) is 0 Å². The van der Waals surface area contributed by atoms with Gasteiger partial charge in [-0.3, -0.25) is 9.78 Å². The molecule has 2 N–H and O–H groups in total. The van der Waals surface area contributed by atoms with Crippen LogP contribution < -0.4 is 10.5 Å². The van der Waals surface area contributed by atoms with E-state index in [1.165, 1.54) is 6.20 Å². The van der Waals surface area contributed by atoms with Crippen LogP contribution in [0.2, 0.25) is 0 Å². The summed E-state index contributed by atoms with van der Waals surface area (Å²) >= 11 is 0. The zero-order valence-corrected chi connectivity index (χ0v) is 10.0. The lowest BCUT2D eigenvalue weighted by Gasteiger charge is -2.09. The number of hydrogen-bond donors (Lipinski definition) is 1. The van der Waals surface area contributed by atoms with Crippen molar-refractivity contribution in [3.8, 4) is 11.8 Å². The van der Waals surface area contributed by atoms with E-state index in [9.17, 15) is 4.79 Å². The second kappa shape index (κ2) is 5.65. The van der Waals surface area contributed by atoms with Gasteiger partial charge in [0.05, 0.1) is 11.1 Å². The SMILES string of the molecule is N#Cc1cncc(COc2cc(N)ccc2C=O)c1. The molecule has 0 unspecified atom stereocenters. The normalized spacial score (nSPS) is 9.63. The Kier molecular flexibility index (Phi) is 3.74. The lowest BCUT2D eigenvalue weighted by molar-refractivity contribution is 0.111. The number of rotatable bonds is 4. The van der Waals surface area contributed by atoms with E-state index in [-0.39, 0.29) is 6.61 Å². The monoisotopic (exact) mass is 253 g/mol. The molecule has 2 rings (SSSR count). The van der Waals surface area contributed by atoms with E-state index >= 15 is 0 Å². The maximum atomic E-state index is 10.9. The highest BCUT2D eigenvalue weighted by Crippen LogP contribution is 2.21. The van der Waals surface area contributed by atoms with Crippen LogP contribution >= 0.6 is 0 Å². The summed E-state index contributed by atoms with van der Waals surface area (Å²) in [6, 6.07) is 8.50. The number of pyridine rings is 1. The van der Waals surface area contributed by atoms with Crippen molar-refractivity contribution in [1.29, 1.82) is 5.26 Å². The molecule has 5 nitrogen and oxygen atoms in total. The van der Waals surface area contributed by atoms with E-state index in [0.29, 0.717) is 28.8 Å². The van der Waals surface area contributed by atoms with Crippen LogP contribution in [0.3, 0.4) is 0 Å². The molecule has 1 aromatic heterocycles. The highest BCUT2D eigenvalue weighted by atomic mass is 16.5. The van der Waals surface area contributed by atoms with E-state index in [0.717, 1.165) is 5.56 Å². The van der Waals surface area contributed by atoms with E-state index in [1.807, 2.05) is 6.07 Å². The number of aromatic nitrogens is 1. The minimum Gasteiger partial charge on any atom is -0.488 e. The number of nitrogens with zero attached hydrogens (tertiary/aromatic N) is 2. The zero-order valence-electron chi connectivity index (χ0n) is 10.0. The number of benzene rings is 1. The molecule has 0 saturated heterocycles. The van der Waals surface area contributed by atoms with Crippen molar-refractivity contribution >= 4 is 12.0 Å². The number of nitrogens with two attached hydrogens (primary N) is 1. The fourth-order valence-electron chi connectivity index (χ4n) is 1.56. The van der Waals surface area contributed by atoms with Crippen molar-refractivity contribution in [1.82, 2.24) is 4.98 Å². The molecule has 19 heavy (non-hydrogen) atoms.